The molecular weight excluding hydrogens is 328 g/mol. The molecule has 6 heteroatoms. The second-order valence-corrected chi connectivity index (χ2v) is 6.91. The molecule has 3 heterocycles. The number of hydrogen-bond acceptors (Lipinski definition) is 4. The van der Waals surface area contributed by atoms with Crippen LogP contribution in [0.15, 0.2) is 47.5 Å². The van der Waals surface area contributed by atoms with Gasteiger partial charge in [0.25, 0.3) is 5.56 Å². The molecule has 1 amide bonds. The van der Waals surface area contributed by atoms with Crippen molar-refractivity contribution >= 4 is 5.91 Å². The number of aryl methyl sites for hydroxylation is 1. The normalized spacial score (nSPS) is 17.8. The van der Waals surface area contributed by atoms with Crippen molar-refractivity contribution in [2.45, 2.75) is 45.3 Å². The van der Waals surface area contributed by atoms with Crippen LogP contribution < -0.4 is 10.9 Å². The summed E-state index contributed by atoms with van der Waals surface area (Å²) in [5.74, 6) is 0.00776. The molecule has 0 aliphatic carbocycles. The van der Waals surface area contributed by atoms with Crippen molar-refractivity contribution in [3.8, 4) is 0 Å². The molecule has 0 aromatic carbocycles. The molecule has 1 saturated heterocycles. The third kappa shape index (κ3) is 5.02. The Kier molecular flexibility index (Phi) is 6.17. The molecule has 2 aromatic heterocycles. The van der Waals surface area contributed by atoms with E-state index in [4.69, 9.17) is 0 Å². The summed E-state index contributed by atoms with van der Waals surface area (Å²) in [6, 6.07) is 9.36. The van der Waals surface area contributed by atoms with Gasteiger partial charge in [-0.05, 0) is 44.0 Å². The van der Waals surface area contributed by atoms with Gasteiger partial charge in [0.05, 0.1) is 0 Å². The van der Waals surface area contributed by atoms with Gasteiger partial charge in [-0.25, -0.2) is 0 Å². The molecule has 1 fully saturated rings. The zero-order chi connectivity index (χ0) is 18.4. The first-order valence-electron chi connectivity index (χ1n) is 9.19. The van der Waals surface area contributed by atoms with Crippen LogP contribution in [-0.4, -0.2) is 39.5 Å². The summed E-state index contributed by atoms with van der Waals surface area (Å²) in [6.07, 6.45) is 6.07. The number of rotatable bonds is 6. The molecule has 3 rings (SSSR count). The van der Waals surface area contributed by atoms with E-state index in [1.165, 1.54) is 11.6 Å². The molecule has 6 nitrogen and oxygen atoms in total. The highest BCUT2D eigenvalue weighted by Crippen LogP contribution is 2.13. The van der Waals surface area contributed by atoms with E-state index in [-0.39, 0.29) is 17.5 Å². The van der Waals surface area contributed by atoms with Crippen molar-refractivity contribution in [2.24, 2.45) is 0 Å². The highest BCUT2D eigenvalue weighted by molar-refractivity contribution is 5.76. The molecule has 1 atom stereocenters. The summed E-state index contributed by atoms with van der Waals surface area (Å²) >= 11 is 0. The van der Waals surface area contributed by atoms with E-state index in [2.05, 4.69) is 21.3 Å². The standard InChI is InChI=1S/C20H26N4O2/c1-16-5-2-8-20(26)24(16)12-9-19(25)22-18-7-4-11-23(15-18)14-17-6-3-10-21-13-17/h2-3,5-6,8,10,13,18H,4,7,9,11-12,14-15H2,1H3,(H,22,25). The maximum atomic E-state index is 12.3. The third-order valence-electron chi connectivity index (χ3n) is 4.83. The average molecular weight is 354 g/mol. The zero-order valence-electron chi connectivity index (χ0n) is 15.2. The van der Waals surface area contributed by atoms with Gasteiger partial charge in [0.2, 0.25) is 5.91 Å². The van der Waals surface area contributed by atoms with E-state index in [0.29, 0.717) is 13.0 Å². The summed E-state index contributed by atoms with van der Waals surface area (Å²) in [6.45, 7) is 5.06. The van der Waals surface area contributed by atoms with Gasteiger partial charge in [-0.3, -0.25) is 19.5 Å². The van der Waals surface area contributed by atoms with E-state index in [1.54, 1.807) is 16.8 Å². The number of piperidine rings is 1. The summed E-state index contributed by atoms with van der Waals surface area (Å²) in [5, 5.41) is 3.13. The van der Waals surface area contributed by atoms with Crippen molar-refractivity contribution in [3.63, 3.8) is 0 Å². The van der Waals surface area contributed by atoms with E-state index >= 15 is 0 Å². The van der Waals surface area contributed by atoms with E-state index in [0.717, 1.165) is 38.2 Å². The predicted octanol–water partition coefficient (Wildman–Crippen LogP) is 1.72. The molecule has 1 unspecified atom stereocenters. The van der Waals surface area contributed by atoms with Gasteiger partial charge < -0.3 is 9.88 Å². The Morgan fingerprint density at radius 2 is 2.19 bits per heavy atom. The highest BCUT2D eigenvalue weighted by Gasteiger charge is 2.21. The fraction of sp³-hybridized carbons (Fsp3) is 0.450. The highest BCUT2D eigenvalue weighted by atomic mass is 16.2. The second-order valence-electron chi connectivity index (χ2n) is 6.91. The van der Waals surface area contributed by atoms with Crippen LogP contribution >= 0.6 is 0 Å². The minimum Gasteiger partial charge on any atom is -0.352 e. The number of hydrogen-bond donors (Lipinski definition) is 1. The lowest BCUT2D eigenvalue weighted by Gasteiger charge is -2.33. The van der Waals surface area contributed by atoms with Gasteiger partial charge in [0, 0.05) is 56.3 Å². The minimum atomic E-state index is -0.0573. The summed E-state index contributed by atoms with van der Waals surface area (Å²) in [4.78, 5) is 30.7. The lowest BCUT2D eigenvalue weighted by Crippen LogP contribution is -2.47. The van der Waals surface area contributed by atoms with Gasteiger partial charge in [-0.2, -0.15) is 0 Å². The number of amides is 1. The van der Waals surface area contributed by atoms with Crippen LogP contribution in [-0.2, 0) is 17.9 Å². The third-order valence-corrected chi connectivity index (χ3v) is 4.83. The zero-order valence-corrected chi connectivity index (χ0v) is 15.2. The van der Waals surface area contributed by atoms with Crippen molar-refractivity contribution in [2.75, 3.05) is 13.1 Å². The molecule has 0 radical (unpaired) electrons. The van der Waals surface area contributed by atoms with Crippen LogP contribution in [0, 0.1) is 6.92 Å². The summed E-state index contributed by atoms with van der Waals surface area (Å²) < 4.78 is 1.65. The predicted molar refractivity (Wildman–Crippen MR) is 101 cm³/mol. The first-order valence-corrected chi connectivity index (χ1v) is 9.19. The molecule has 0 saturated carbocycles. The molecule has 26 heavy (non-hydrogen) atoms. The number of nitrogens with one attached hydrogen (secondary N) is 1. The van der Waals surface area contributed by atoms with Gasteiger partial charge in [-0.1, -0.05) is 12.1 Å². The molecule has 1 aliphatic heterocycles. The quantitative estimate of drug-likeness (QED) is 0.858. The summed E-state index contributed by atoms with van der Waals surface area (Å²) in [5.41, 5.74) is 2.02. The Balaban J connectivity index is 1.48. The molecular formula is C20H26N4O2. The Morgan fingerprint density at radius 3 is 2.96 bits per heavy atom. The number of aromatic nitrogens is 2. The molecule has 0 bridgehead atoms. The lowest BCUT2D eigenvalue weighted by atomic mass is 10.0. The van der Waals surface area contributed by atoms with Crippen molar-refractivity contribution in [1.29, 1.82) is 0 Å². The summed E-state index contributed by atoms with van der Waals surface area (Å²) in [7, 11) is 0. The number of pyridine rings is 2. The smallest absolute Gasteiger partial charge is 0.250 e. The SMILES string of the molecule is Cc1cccc(=O)n1CCC(=O)NC1CCCN(Cc2cccnc2)C1. The minimum absolute atomic E-state index is 0.00776. The van der Waals surface area contributed by atoms with Crippen LogP contribution in [0.4, 0.5) is 0 Å². The number of carbonyl (C=O) groups excluding carboxylic acids is 1. The van der Waals surface area contributed by atoms with Crippen molar-refractivity contribution < 1.29 is 4.79 Å². The molecule has 1 N–H and O–H groups in total. The average Bonchev–Trinajstić information content (AvgIpc) is 2.62. The first-order chi connectivity index (χ1) is 12.6. The number of likely N-dealkylation sites (tertiary alicyclic amines) is 1. The van der Waals surface area contributed by atoms with Gasteiger partial charge in [0.15, 0.2) is 0 Å². The lowest BCUT2D eigenvalue weighted by molar-refractivity contribution is -0.122. The van der Waals surface area contributed by atoms with Gasteiger partial charge >= 0.3 is 0 Å². The topological polar surface area (TPSA) is 67.2 Å². The number of carbonyl (C=O) groups is 1. The van der Waals surface area contributed by atoms with Crippen LogP contribution in [0.5, 0.6) is 0 Å². The Hall–Kier alpha value is -2.47. The van der Waals surface area contributed by atoms with E-state index in [1.807, 2.05) is 25.3 Å². The molecule has 0 spiro atoms. The monoisotopic (exact) mass is 354 g/mol. The van der Waals surface area contributed by atoms with Crippen molar-refractivity contribution in [3.05, 3.63) is 64.3 Å². The van der Waals surface area contributed by atoms with E-state index in [9.17, 15) is 9.59 Å². The maximum absolute atomic E-state index is 12.3. The molecule has 1 aliphatic rings. The van der Waals surface area contributed by atoms with Crippen LogP contribution in [0.25, 0.3) is 0 Å². The number of nitrogens with zero attached hydrogens (tertiary/aromatic N) is 3. The van der Waals surface area contributed by atoms with Crippen LogP contribution in [0.3, 0.4) is 0 Å². The van der Waals surface area contributed by atoms with Gasteiger partial charge in [-0.15, -0.1) is 0 Å². The maximum Gasteiger partial charge on any atom is 0.250 e. The van der Waals surface area contributed by atoms with E-state index < -0.39 is 0 Å². The Morgan fingerprint density at radius 1 is 1.31 bits per heavy atom. The fourth-order valence-corrected chi connectivity index (χ4v) is 3.49. The second kappa shape index (κ2) is 8.76. The first kappa shape index (κ1) is 18.3. The van der Waals surface area contributed by atoms with Crippen LogP contribution in [0.1, 0.15) is 30.5 Å². The van der Waals surface area contributed by atoms with Crippen molar-refractivity contribution in [1.82, 2.24) is 19.8 Å². The molecule has 2 aromatic rings. The largest absolute Gasteiger partial charge is 0.352 e. The Labute approximate surface area is 153 Å². The molecule has 138 valence electrons. The fourth-order valence-electron chi connectivity index (χ4n) is 3.49. The van der Waals surface area contributed by atoms with Gasteiger partial charge in [0.1, 0.15) is 0 Å². The Bertz CT molecular complexity index is 788. The van der Waals surface area contributed by atoms with Crippen LogP contribution in [0.2, 0.25) is 0 Å².